The predicted octanol–water partition coefficient (Wildman–Crippen LogP) is 5.41. The van der Waals surface area contributed by atoms with E-state index in [2.05, 4.69) is 89.3 Å². The molecule has 2 aromatic rings. The molecule has 0 aromatic heterocycles. The van der Waals surface area contributed by atoms with E-state index in [4.69, 9.17) is 0 Å². The van der Waals surface area contributed by atoms with E-state index in [1.807, 2.05) is 0 Å². The molecule has 2 nitrogen and oxygen atoms in total. The lowest BCUT2D eigenvalue weighted by molar-refractivity contribution is -0.121. The lowest BCUT2D eigenvalue weighted by Crippen LogP contribution is -2.27. The average molecular weight is 338 g/mol. The summed E-state index contributed by atoms with van der Waals surface area (Å²) < 4.78 is 0. The maximum atomic E-state index is 12.3. The molecule has 2 aromatic carbocycles. The Morgan fingerprint density at radius 2 is 1.68 bits per heavy atom. The van der Waals surface area contributed by atoms with E-state index in [9.17, 15) is 4.79 Å². The molecule has 0 heterocycles. The van der Waals surface area contributed by atoms with E-state index in [0.29, 0.717) is 6.42 Å². The Hall–Kier alpha value is -2.09. The summed E-state index contributed by atoms with van der Waals surface area (Å²) >= 11 is 0. The minimum atomic E-state index is 0.0377. The van der Waals surface area contributed by atoms with Crippen molar-refractivity contribution in [3.05, 3.63) is 70.3 Å². The lowest BCUT2D eigenvalue weighted by Gasteiger charge is -2.19. The van der Waals surface area contributed by atoms with E-state index in [-0.39, 0.29) is 17.4 Å². The Morgan fingerprint density at radius 1 is 1.04 bits per heavy atom. The first-order valence-electron chi connectivity index (χ1n) is 9.13. The minimum absolute atomic E-state index is 0.0377. The molecule has 1 amide bonds. The average Bonchev–Trinajstić information content (AvgIpc) is 2.54. The second kappa shape index (κ2) is 7.86. The van der Waals surface area contributed by atoms with Crippen molar-refractivity contribution in [1.82, 2.24) is 5.32 Å². The number of amides is 1. The van der Waals surface area contributed by atoms with Gasteiger partial charge >= 0.3 is 0 Å². The van der Waals surface area contributed by atoms with Crippen LogP contribution in [0.5, 0.6) is 0 Å². The van der Waals surface area contributed by atoms with Gasteiger partial charge in [-0.3, -0.25) is 4.79 Å². The molecule has 0 aliphatic carbocycles. The number of hydrogen-bond acceptors (Lipinski definition) is 1. The maximum absolute atomic E-state index is 12.3. The summed E-state index contributed by atoms with van der Waals surface area (Å²) in [5.74, 6) is 0.105. The summed E-state index contributed by atoms with van der Waals surface area (Å²) in [6.07, 6.45) is 1.29. The van der Waals surface area contributed by atoms with Crippen LogP contribution in [0.2, 0.25) is 0 Å². The molecule has 25 heavy (non-hydrogen) atoms. The summed E-state index contributed by atoms with van der Waals surface area (Å²) in [6, 6.07) is 15.0. The van der Waals surface area contributed by atoms with Crippen LogP contribution < -0.4 is 5.32 Å². The van der Waals surface area contributed by atoms with Crippen molar-refractivity contribution < 1.29 is 4.79 Å². The predicted molar refractivity (Wildman–Crippen MR) is 106 cm³/mol. The molecule has 2 heteroatoms. The van der Waals surface area contributed by atoms with Crippen molar-refractivity contribution in [3.63, 3.8) is 0 Å². The van der Waals surface area contributed by atoms with E-state index < -0.39 is 0 Å². The Kier molecular flexibility index (Phi) is 6.05. The summed E-state index contributed by atoms with van der Waals surface area (Å²) in [5.41, 5.74) is 6.34. The van der Waals surface area contributed by atoms with Gasteiger partial charge in [0.05, 0.1) is 6.04 Å². The molecule has 2 rings (SSSR count). The number of carbonyl (C=O) groups is 1. The normalized spacial score (nSPS) is 12.7. The van der Waals surface area contributed by atoms with E-state index in [0.717, 1.165) is 6.42 Å². The van der Waals surface area contributed by atoms with Gasteiger partial charge in [-0.1, -0.05) is 68.8 Å². The van der Waals surface area contributed by atoms with Crippen LogP contribution >= 0.6 is 0 Å². The van der Waals surface area contributed by atoms with Gasteiger partial charge in [0, 0.05) is 6.42 Å². The van der Waals surface area contributed by atoms with Gasteiger partial charge in [0.15, 0.2) is 0 Å². The third-order valence-corrected chi connectivity index (χ3v) is 4.74. The fraction of sp³-hybridized carbons (Fsp3) is 0.435. The molecular weight excluding hydrogens is 306 g/mol. The first-order valence-corrected chi connectivity index (χ1v) is 9.13. The Balaban J connectivity index is 1.91. The van der Waals surface area contributed by atoms with Gasteiger partial charge in [0.25, 0.3) is 0 Å². The maximum Gasteiger partial charge on any atom is 0.220 e. The highest BCUT2D eigenvalue weighted by Crippen LogP contribution is 2.23. The SMILES string of the molecule is Cc1ccc(C)c([C@H](C)NC(=O)CCc2ccc(C(C)(C)C)cc2)c1. The van der Waals surface area contributed by atoms with Crippen LogP contribution in [-0.4, -0.2) is 5.91 Å². The molecule has 0 aliphatic heterocycles. The zero-order valence-electron chi connectivity index (χ0n) is 16.4. The number of carbonyl (C=O) groups excluding carboxylic acids is 1. The molecule has 0 unspecified atom stereocenters. The van der Waals surface area contributed by atoms with Crippen LogP contribution in [0.1, 0.15) is 68.0 Å². The Bertz CT molecular complexity index is 723. The van der Waals surface area contributed by atoms with Crippen molar-refractivity contribution in [1.29, 1.82) is 0 Å². The first kappa shape index (κ1) is 19.2. The number of benzene rings is 2. The molecule has 1 atom stereocenters. The van der Waals surface area contributed by atoms with Gasteiger partial charge in [-0.2, -0.15) is 0 Å². The van der Waals surface area contributed by atoms with Gasteiger partial charge in [-0.15, -0.1) is 0 Å². The molecule has 134 valence electrons. The fourth-order valence-electron chi connectivity index (χ4n) is 3.05. The molecule has 0 aliphatic rings. The van der Waals surface area contributed by atoms with Crippen molar-refractivity contribution in [2.24, 2.45) is 0 Å². The zero-order chi connectivity index (χ0) is 18.6. The second-order valence-electron chi connectivity index (χ2n) is 8.10. The third-order valence-electron chi connectivity index (χ3n) is 4.74. The molecule has 0 bridgehead atoms. The van der Waals surface area contributed by atoms with Crippen LogP contribution in [0, 0.1) is 13.8 Å². The van der Waals surface area contributed by atoms with Crippen molar-refractivity contribution in [2.45, 2.75) is 65.8 Å². The first-order chi connectivity index (χ1) is 11.7. The van der Waals surface area contributed by atoms with E-state index >= 15 is 0 Å². The van der Waals surface area contributed by atoms with Gasteiger partial charge < -0.3 is 5.32 Å². The highest BCUT2D eigenvalue weighted by molar-refractivity contribution is 5.76. The van der Waals surface area contributed by atoms with Crippen molar-refractivity contribution in [2.75, 3.05) is 0 Å². The fourth-order valence-corrected chi connectivity index (χ4v) is 3.05. The number of nitrogens with one attached hydrogen (secondary N) is 1. The molecule has 1 N–H and O–H groups in total. The van der Waals surface area contributed by atoms with Crippen LogP contribution in [0.25, 0.3) is 0 Å². The zero-order valence-corrected chi connectivity index (χ0v) is 16.4. The monoisotopic (exact) mass is 337 g/mol. The number of rotatable bonds is 5. The van der Waals surface area contributed by atoms with Gasteiger partial charge in [0.1, 0.15) is 0 Å². The quantitative estimate of drug-likeness (QED) is 0.776. The lowest BCUT2D eigenvalue weighted by atomic mass is 9.86. The summed E-state index contributed by atoms with van der Waals surface area (Å²) in [6.45, 7) is 12.9. The largest absolute Gasteiger partial charge is 0.350 e. The van der Waals surface area contributed by atoms with Crippen LogP contribution in [0.4, 0.5) is 0 Å². The summed E-state index contributed by atoms with van der Waals surface area (Å²) in [4.78, 5) is 12.3. The van der Waals surface area contributed by atoms with Gasteiger partial charge in [-0.05, 0) is 54.9 Å². The number of aryl methyl sites for hydroxylation is 3. The Morgan fingerprint density at radius 3 is 2.28 bits per heavy atom. The molecule has 0 spiro atoms. The van der Waals surface area contributed by atoms with E-state index in [1.165, 1.54) is 27.8 Å². The smallest absolute Gasteiger partial charge is 0.220 e. The highest BCUT2D eigenvalue weighted by Gasteiger charge is 2.14. The number of hydrogen-bond donors (Lipinski definition) is 1. The molecule has 0 radical (unpaired) electrons. The van der Waals surface area contributed by atoms with Crippen LogP contribution in [0.15, 0.2) is 42.5 Å². The van der Waals surface area contributed by atoms with E-state index in [1.54, 1.807) is 0 Å². The highest BCUT2D eigenvalue weighted by atomic mass is 16.1. The Labute approximate surface area is 152 Å². The van der Waals surface area contributed by atoms with Crippen molar-refractivity contribution >= 4 is 5.91 Å². The molecule has 0 saturated heterocycles. The van der Waals surface area contributed by atoms with Crippen LogP contribution in [-0.2, 0) is 16.6 Å². The summed E-state index contributed by atoms with van der Waals surface area (Å²) in [7, 11) is 0. The second-order valence-corrected chi connectivity index (χ2v) is 8.10. The van der Waals surface area contributed by atoms with Gasteiger partial charge in [0.2, 0.25) is 5.91 Å². The summed E-state index contributed by atoms with van der Waals surface area (Å²) in [5, 5.41) is 3.13. The molecular formula is C23H31NO. The molecule has 0 saturated carbocycles. The van der Waals surface area contributed by atoms with Gasteiger partial charge in [-0.25, -0.2) is 0 Å². The molecule has 0 fully saturated rings. The minimum Gasteiger partial charge on any atom is -0.350 e. The topological polar surface area (TPSA) is 29.1 Å². The third kappa shape index (κ3) is 5.45. The standard InChI is InChI=1S/C23H31NO/c1-16-7-8-17(2)21(15-16)18(3)24-22(25)14-11-19-9-12-20(13-10-19)23(4,5)6/h7-10,12-13,15,18H,11,14H2,1-6H3,(H,24,25)/t18-/m0/s1. The van der Waals surface area contributed by atoms with Crippen LogP contribution in [0.3, 0.4) is 0 Å². The van der Waals surface area contributed by atoms with Crippen molar-refractivity contribution in [3.8, 4) is 0 Å².